The Labute approximate surface area is 81.3 Å². The highest BCUT2D eigenvalue weighted by Gasteiger charge is 1.96. The predicted molar refractivity (Wildman–Crippen MR) is 53.9 cm³/mol. The molecule has 0 bridgehead atoms. The topological polar surface area (TPSA) is 38.9 Å². The summed E-state index contributed by atoms with van der Waals surface area (Å²) in [6, 6.07) is 4.30. The van der Waals surface area contributed by atoms with Crippen LogP contribution in [0.15, 0.2) is 22.9 Å². The lowest BCUT2D eigenvalue weighted by atomic mass is 10.1. The van der Waals surface area contributed by atoms with Crippen molar-refractivity contribution in [1.29, 1.82) is 0 Å². The molecule has 0 aliphatic heterocycles. The molecule has 0 spiro atoms. The van der Waals surface area contributed by atoms with Gasteiger partial charge in [0.2, 0.25) is 0 Å². The van der Waals surface area contributed by atoms with E-state index in [2.05, 4.69) is 27.0 Å². The van der Waals surface area contributed by atoms with E-state index in [1.165, 1.54) is 5.56 Å². The molecular formula is C9H13BrN2. The second-order valence-electron chi connectivity index (χ2n) is 3.01. The van der Waals surface area contributed by atoms with E-state index in [9.17, 15) is 0 Å². The fourth-order valence-corrected chi connectivity index (χ4v) is 1.18. The summed E-state index contributed by atoms with van der Waals surface area (Å²) in [6.07, 6.45) is 3.91. The van der Waals surface area contributed by atoms with E-state index < -0.39 is 0 Å². The van der Waals surface area contributed by atoms with Crippen molar-refractivity contribution >= 4 is 15.9 Å². The van der Waals surface area contributed by atoms with Gasteiger partial charge in [-0.25, -0.2) is 4.98 Å². The number of nitrogens with two attached hydrogens (primary N) is 1. The van der Waals surface area contributed by atoms with Crippen LogP contribution in [0.5, 0.6) is 0 Å². The largest absolute Gasteiger partial charge is 0.328 e. The van der Waals surface area contributed by atoms with Crippen LogP contribution in [0.4, 0.5) is 0 Å². The van der Waals surface area contributed by atoms with Gasteiger partial charge < -0.3 is 5.73 Å². The molecule has 1 atom stereocenters. The molecule has 0 fully saturated rings. The third-order valence-corrected chi connectivity index (χ3v) is 2.15. The van der Waals surface area contributed by atoms with Crippen molar-refractivity contribution in [3.63, 3.8) is 0 Å². The first-order valence-corrected chi connectivity index (χ1v) is 4.84. The van der Waals surface area contributed by atoms with Crippen LogP contribution in [-0.4, -0.2) is 11.0 Å². The lowest BCUT2D eigenvalue weighted by Crippen LogP contribution is -2.15. The van der Waals surface area contributed by atoms with E-state index >= 15 is 0 Å². The monoisotopic (exact) mass is 228 g/mol. The predicted octanol–water partition coefficient (Wildman–Crippen LogP) is 2.12. The SMILES string of the molecule is CC(N)CCc1ccc(Br)nc1. The van der Waals surface area contributed by atoms with E-state index in [0.717, 1.165) is 17.4 Å². The Morgan fingerprint density at radius 1 is 1.58 bits per heavy atom. The van der Waals surface area contributed by atoms with Crippen molar-refractivity contribution in [2.75, 3.05) is 0 Å². The summed E-state index contributed by atoms with van der Waals surface area (Å²) in [5, 5.41) is 0. The highest BCUT2D eigenvalue weighted by molar-refractivity contribution is 9.10. The van der Waals surface area contributed by atoms with Crippen molar-refractivity contribution in [2.24, 2.45) is 5.73 Å². The van der Waals surface area contributed by atoms with Gasteiger partial charge in [-0.1, -0.05) is 6.07 Å². The van der Waals surface area contributed by atoms with Gasteiger partial charge in [0.05, 0.1) is 0 Å². The summed E-state index contributed by atoms with van der Waals surface area (Å²) in [6.45, 7) is 2.02. The van der Waals surface area contributed by atoms with Gasteiger partial charge in [0, 0.05) is 12.2 Å². The number of rotatable bonds is 3. The maximum absolute atomic E-state index is 5.64. The Kier molecular flexibility index (Phi) is 3.69. The molecule has 1 aromatic heterocycles. The first kappa shape index (κ1) is 9.68. The van der Waals surface area contributed by atoms with Crippen molar-refractivity contribution in [1.82, 2.24) is 4.98 Å². The molecule has 1 unspecified atom stereocenters. The van der Waals surface area contributed by atoms with Crippen LogP contribution in [-0.2, 0) is 6.42 Å². The minimum Gasteiger partial charge on any atom is -0.328 e. The molecule has 1 rings (SSSR count). The van der Waals surface area contributed by atoms with Crippen LogP contribution < -0.4 is 5.73 Å². The maximum Gasteiger partial charge on any atom is 0.106 e. The zero-order valence-electron chi connectivity index (χ0n) is 7.13. The van der Waals surface area contributed by atoms with E-state index in [0.29, 0.717) is 0 Å². The van der Waals surface area contributed by atoms with Gasteiger partial charge in [0.15, 0.2) is 0 Å². The van der Waals surface area contributed by atoms with Crippen LogP contribution in [0.3, 0.4) is 0 Å². The van der Waals surface area contributed by atoms with E-state index in [1.54, 1.807) is 0 Å². The van der Waals surface area contributed by atoms with Gasteiger partial charge in [0.25, 0.3) is 0 Å². The quantitative estimate of drug-likeness (QED) is 0.806. The molecule has 0 saturated carbocycles. The van der Waals surface area contributed by atoms with Crippen molar-refractivity contribution < 1.29 is 0 Å². The molecule has 2 nitrogen and oxygen atoms in total. The van der Waals surface area contributed by atoms with Crippen LogP contribution in [0.1, 0.15) is 18.9 Å². The number of pyridine rings is 1. The van der Waals surface area contributed by atoms with Gasteiger partial charge in [0.1, 0.15) is 4.60 Å². The van der Waals surface area contributed by atoms with Crippen molar-refractivity contribution in [3.8, 4) is 0 Å². The molecule has 66 valence electrons. The molecule has 0 radical (unpaired) electrons. The van der Waals surface area contributed by atoms with E-state index in [-0.39, 0.29) is 6.04 Å². The highest BCUT2D eigenvalue weighted by Crippen LogP contribution is 2.08. The number of hydrogen-bond acceptors (Lipinski definition) is 2. The molecular weight excluding hydrogens is 216 g/mol. The van der Waals surface area contributed by atoms with Gasteiger partial charge >= 0.3 is 0 Å². The first-order valence-electron chi connectivity index (χ1n) is 4.04. The molecule has 3 heteroatoms. The second-order valence-corrected chi connectivity index (χ2v) is 3.82. The average molecular weight is 229 g/mol. The summed E-state index contributed by atoms with van der Waals surface area (Å²) in [5.41, 5.74) is 6.89. The molecule has 0 saturated heterocycles. The van der Waals surface area contributed by atoms with Gasteiger partial charge in [-0.15, -0.1) is 0 Å². The lowest BCUT2D eigenvalue weighted by Gasteiger charge is -2.03. The Balaban J connectivity index is 2.48. The maximum atomic E-state index is 5.64. The Bertz CT molecular complexity index is 231. The molecule has 0 aromatic carbocycles. The lowest BCUT2D eigenvalue weighted by molar-refractivity contribution is 0.665. The third kappa shape index (κ3) is 3.32. The highest BCUT2D eigenvalue weighted by atomic mass is 79.9. The summed E-state index contributed by atoms with van der Waals surface area (Å²) in [4.78, 5) is 4.13. The van der Waals surface area contributed by atoms with Gasteiger partial charge in [-0.3, -0.25) is 0 Å². The molecule has 1 heterocycles. The first-order chi connectivity index (χ1) is 5.68. The fraction of sp³-hybridized carbons (Fsp3) is 0.444. The average Bonchev–Trinajstić information content (AvgIpc) is 2.03. The zero-order valence-corrected chi connectivity index (χ0v) is 8.71. The minimum absolute atomic E-state index is 0.272. The number of aromatic nitrogens is 1. The molecule has 12 heavy (non-hydrogen) atoms. The Morgan fingerprint density at radius 3 is 2.83 bits per heavy atom. The number of hydrogen-bond donors (Lipinski definition) is 1. The smallest absolute Gasteiger partial charge is 0.106 e. The van der Waals surface area contributed by atoms with E-state index in [4.69, 9.17) is 5.73 Å². The summed E-state index contributed by atoms with van der Waals surface area (Å²) >= 11 is 3.29. The Hall–Kier alpha value is -0.410. The van der Waals surface area contributed by atoms with Crippen LogP contribution in [0.25, 0.3) is 0 Å². The number of aryl methyl sites for hydroxylation is 1. The van der Waals surface area contributed by atoms with Crippen LogP contribution >= 0.6 is 15.9 Å². The molecule has 0 aliphatic carbocycles. The van der Waals surface area contributed by atoms with Gasteiger partial charge in [-0.2, -0.15) is 0 Å². The number of nitrogens with zero attached hydrogens (tertiary/aromatic N) is 1. The summed E-state index contributed by atoms with van der Waals surface area (Å²) in [5.74, 6) is 0. The number of halogens is 1. The van der Waals surface area contributed by atoms with Crippen LogP contribution in [0.2, 0.25) is 0 Å². The zero-order chi connectivity index (χ0) is 8.97. The second kappa shape index (κ2) is 4.58. The van der Waals surface area contributed by atoms with E-state index in [1.807, 2.05) is 19.2 Å². The molecule has 1 aromatic rings. The molecule has 2 N–H and O–H groups in total. The van der Waals surface area contributed by atoms with Gasteiger partial charge in [-0.05, 0) is 47.3 Å². The third-order valence-electron chi connectivity index (χ3n) is 1.68. The molecule has 0 amide bonds. The fourth-order valence-electron chi connectivity index (χ4n) is 0.949. The summed E-state index contributed by atoms with van der Waals surface area (Å²) in [7, 11) is 0. The van der Waals surface area contributed by atoms with Crippen molar-refractivity contribution in [3.05, 3.63) is 28.5 Å². The normalized spacial score (nSPS) is 12.9. The molecule has 0 aliphatic rings. The standard InChI is InChI=1S/C9H13BrN2/c1-7(11)2-3-8-4-5-9(10)12-6-8/h4-7H,2-3,11H2,1H3. The Morgan fingerprint density at radius 2 is 2.33 bits per heavy atom. The summed E-state index contributed by atoms with van der Waals surface area (Å²) < 4.78 is 0.882. The van der Waals surface area contributed by atoms with Crippen molar-refractivity contribution in [2.45, 2.75) is 25.8 Å². The van der Waals surface area contributed by atoms with Crippen LogP contribution in [0, 0.1) is 0 Å². The minimum atomic E-state index is 0.272.